The van der Waals surface area contributed by atoms with E-state index in [1.165, 1.54) is 0 Å². The average Bonchev–Trinajstić information content (AvgIpc) is 2.99. The maximum Gasteiger partial charge on any atom is 0.294 e. The van der Waals surface area contributed by atoms with Gasteiger partial charge in [-0.25, -0.2) is 4.99 Å². The number of aliphatic imine (C=N–C) groups is 1. The van der Waals surface area contributed by atoms with E-state index in [4.69, 9.17) is 15.2 Å². The minimum absolute atomic E-state index is 0.115. The predicted octanol–water partition coefficient (Wildman–Crippen LogP) is 1.01. The van der Waals surface area contributed by atoms with Crippen LogP contribution in [0.3, 0.4) is 0 Å². The second-order valence-electron chi connectivity index (χ2n) is 6.42. The van der Waals surface area contributed by atoms with Gasteiger partial charge in [-0.2, -0.15) is 10.5 Å². The lowest BCUT2D eigenvalue weighted by atomic mass is 9.84. The van der Waals surface area contributed by atoms with Crippen molar-refractivity contribution in [2.45, 2.75) is 25.2 Å². The van der Waals surface area contributed by atoms with Gasteiger partial charge in [0, 0.05) is 18.9 Å². The fraction of sp³-hybridized carbons (Fsp3) is 0.444. The number of hydrogen-bond acceptors (Lipinski definition) is 7. The Morgan fingerprint density at radius 1 is 1.19 bits per heavy atom. The number of nitrogens with zero attached hydrogens (tertiary/aromatic N) is 3. The summed E-state index contributed by atoms with van der Waals surface area (Å²) in [6.45, 7) is 3.78. The number of amidine groups is 1. The van der Waals surface area contributed by atoms with Crippen molar-refractivity contribution in [3.63, 3.8) is 0 Å². The number of carbonyl (C=O) groups is 1. The van der Waals surface area contributed by atoms with Gasteiger partial charge in [-0.3, -0.25) is 4.79 Å². The van der Waals surface area contributed by atoms with Gasteiger partial charge in [0.15, 0.2) is 10.8 Å². The van der Waals surface area contributed by atoms with E-state index >= 15 is 0 Å². The summed E-state index contributed by atoms with van der Waals surface area (Å²) in [6, 6.07) is 11.3. The number of para-hydroxylation sites is 1. The molecule has 1 aliphatic carbocycles. The van der Waals surface area contributed by atoms with Crippen LogP contribution in [0.25, 0.3) is 0 Å². The normalized spacial score (nSPS) is 35.1. The van der Waals surface area contributed by atoms with Crippen LogP contribution in [0.2, 0.25) is 0 Å². The molecular weight excluding hydrogens is 334 g/mol. The van der Waals surface area contributed by atoms with Gasteiger partial charge in [0.25, 0.3) is 5.91 Å². The number of nitrogens with two attached hydrogens (primary N) is 1. The molecule has 1 fully saturated rings. The second-order valence-corrected chi connectivity index (χ2v) is 6.42. The van der Waals surface area contributed by atoms with Crippen LogP contribution in [0, 0.1) is 33.5 Å². The lowest BCUT2D eigenvalue weighted by molar-refractivity contribution is -0.257. The quantitative estimate of drug-likeness (QED) is 0.778. The van der Waals surface area contributed by atoms with Crippen LogP contribution in [-0.4, -0.2) is 30.9 Å². The summed E-state index contributed by atoms with van der Waals surface area (Å²) in [7, 11) is 0. The van der Waals surface area contributed by atoms with E-state index in [9.17, 15) is 15.3 Å². The molecule has 8 nitrogen and oxygen atoms in total. The number of nitrogens with one attached hydrogen (secondary N) is 1. The summed E-state index contributed by atoms with van der Waals surface area (Å²) < 4.78 is 11.6. The Kier molecular flexibility index (Phi) is 3.06. The zero-order valence-corrected chi connectivity index (χ0v) is 14.4. The van der Waals surface area contributed by atoms with Gasteiger partial charge in [-0.15, -0.1) is 0 Å². The summed E-state index contributed by atoms with van der Waals surface area (Å²) in [5, 5.41) is 23.2. The monoisotopic (exact) mass is 351 g/mol. The van der Waals surface area contributed by atoms with Crippen LogP contribution in [-0.2, 0) is 19.7 Å². The van der Waals surface area contributed by atoms with Crippen LogP contribution in [0.15, 0.2) is 29.3 Å². The number of carbonyl (C=O) groups excluding carboxylic acids is 1. The van der Waals surface area contributed by atoms with Gasteiger partial charge in [0.1, 0.15) is 11.3 Å². The minimum Gasteiger partial charge on any atom is -0.386 e. The van der Waals surface area contributed by atoms with Crippen molar-refractivity contribution in [1.29, 1.82) is 10.5 Å². The van der Waals surface area contributed by atoms with Gasteiger partial charge in [0.05, 0.1) is 12.1 Å². The largest absolute Gasteiger partial charge is 0.386 e. The van der Waals surface area contributed by atoms with Gasteiger partial charge >= 0.3 is 0 Å². The minimum atomic E-state index is -1.82. The molecule has 2 aliphatic heterocycles. The Hall–Kier alpha value is -2.94. The number of nitriles is 2. The molecule has 0 aromatic heterocycles. The van der Waals surface area contributed by atoms with E-state index in [0.717, 1.165) is 0 Å². The Labute approximate surface area is 150 Å². The van der Waals surface area contributed by atoms with Gasteiger partial charge in [-0.05, 0) is 25.5 Å². The molecule has 2 heterocycles. The number of anilines is 1. The Morgan fingerprint density at radius 3 is 2.42 bits per heavy atom. The molecule has 3 atom stereocenters. The Balaban J connectivity index is 2.10. The van der Waals surface area contributed by atoms with E-state index < -0.39 is 28.1 Å². The first-order valence-electron chi connectivity index (χ1n) is 8.36. The molecule has 1 aromatic carbocycles. The lowest BCUT2D eigenvalue weighted by Crippen LogP contribution is -2.48. The fourth-order valence-corrected chi connectivity index (χ4v) is 4.93. The molecule has 8 heteroatoms. The van der Waals surface area contributed by atoms with Crippen LogP contribution in [0.1, 0.15) is 19.4 Å². The zero-order chi connectivity index (χ0) is 18.8. The molecule has 132 valence electrons. The Bertz CT molecular complexity index is 939. The number of benzene rings is 1. The third-order valence-electron chi connectivity index (χ3n) is 5.69. The maximum absolute atomic E-state index is 13.2. The molecule has 3 N–H and O–H groups in total. The standard InChI is InChI=1S/C18H17N5O3/c1-3-25-18(26-4-2)16(10-20)15(9-19,13(21)23-18)17(16)11-7-5-6-8-12(11)22-14(17)24/h5-8H,3-4H2,1-2H3,(H2,21,23)(H,22,24). The van der Waals surface area contributed by atoms with E-state index in [2.05, 4.69) is 22.4 Å². The number of hydrogen-bond donors (Lipinski definition) is 2. The second kappa shape index (κ2) is 4.82. The average molecular weight is 351 g/mol. The lowest BCUT2D eigenvalue weighted by Gasteiger charge is -2.33. The zero-order valence-electron chi connectivity index (χ0n) is 14.4. The van der Waals surface area contributed by atoms with Crippen molar-refractivity contribution in [3.8, 4) is 12.1 Å². The van der Waals surface area contributed by atoms with E-state index in [1.807, 2.05) is 0 Å². The Morgan fingerprint density at radius 2 is 1.85 bits per heavy atom. The molecule has 3 unspecified atom stereocenters. The highest BCUT2D eigenvalue weighted by Gasteiger charge is 3.05. The smallest absolute Gasteiger partial charge is 0.294 e. The summed E-state index contributed by atoms with van der Waals surface area (Å²) in [5.41, 5.74) is 2.35. The molecule has 26 heavy (non-hydrogen) atoms. The van der Waals surface area contributed by atoms with E-state index in [-0.39, 0.29) is 19.0 Å². The van der Waals surface area contributed by atoms with E-state index in [0.29, 0.717) is 11.3 Å². The van der Waals surface area contributed by atoms with Crippen molar-refractivity contribution in [1.82, 2.24) is 0 Å². The molecule has 1 saturated carbocycles. The van der Waals surface area contributed by atoms with Gasteiger partial charge in [-0.1, -0.05) is 18.2 Å². The van der Waals surface area contributed by atoms with Crippen molar-refractivity contribution in [3.05, 3.63) is 29.8 Å². The number of ether oxygens (including phenoxy) is 2. The summed E-state index contributed by atoms with van der Waals surface area (Å²) in [5.74, 6) is -2.40. The van der Waals surface area contributed by atoms with Crippen LogP contribution >= 0.6 is 0 Å². The third-order valence-corrected chi connectivity index (χ3v) is 5.69. The highest BCUT2D eigenvalue weighted by atomic mass is 16.7. The molecule has 0 saturated heterocycles. The molecule has 3 aliphatic rings. The van der Waals surface area contributed by atoms with Crippen LogP contribution < -0.4 is 11.1 Å². The molecule has 0 radical (unpaired) electrons. The van der Waals surface area contributed by atoms with Gasteiger partial charge in [0.2, 0.25) is 5.91 Å². The fourth-order valence-electron chi connectivity index (χ4n) is 4.93. The molecule has 1 spiro atoms. The number of fused-ring (bicyclic) bond motifs is 5. The third kappa shape index (κ3) is 1.23. The number of rotatable bonds is 4. The predicted molar refractivity (Wildman–Crippen MR) is 90.4 cm³/mol. The highest BCUT2D eigenvalue weighted by molar-refractivity contribution is 6.20. The van der Waals surface area contributed by atoms with Crippen LogP contribution in [0.4, 0.5) is 5.69 Å². The molecule has 1 aromatic rings. The molecule has 4 rings (SSSR count). The first-order chi connectivity index (χ1) is 12.5. The summed E-state index contributed by atoms with van der Waals surface area (Å²) in [4.78, 5) is 17.4. The highest BCUT2D eigenvalue weighted by Crippen LogP contribution is 2.87. The number of amides is 1. The summed E-state index contributed by atoms with van der Waals surface area (Å²) >= 11 is 0. The van der Waals surface area contributed by atoms with Crippen molar-refractivity contribution < 1.29 is 14.3 Å². The van der Waals surface area contributed by atoms with E-state index in [1.54, 1.807) is 38.1 Å². The first kappa shape index (κ1) is 16.5. The molecular formula is C18H17N5O3. The molecule has 0 bridgehead atoms. The molecule has 1 amide bonds. The SMILES string of the molecule is CCOC1(OCC)N=C(N)C2(C#N)C3(C(=O)Nc4ccccc43)C12C#N. The first-order valence-corrected chi connectivity index (χ1v) is 8.36. The van der Waals surface area contributed by atoms with Crippen molar-refractivity contribution >= 4 is 17.4 Å². The van der Waals surface area contributed by atoms with Gasteiger partial charge < -0.3 is 20.5 Å². The topological polar surface area (TPSA) is 134 Å². The van der Waals surface area contributed by atoms with Crippen molar-refractivity contribution in [2.75, 3.05) is 18.5 Å². The maximum atomic E-state index is 13.2. The van der Waals surface area contributed by atoms with Crippen molar-refractivity contribution in [2.24, 2.45) is 21.6 Å². The summed E-state index contributed by atoms with van der Waals surface area (Å²) in [6.07, 6.45) is 0. The van der Waals surface area contributed by atoms with Crippen LogP contribution in [0.5, 0.6) is 0 Å².